The standard InChI is InChI=1S/C15H12Br2ClNO/c16-11-6-7-12(13(17)8-11)15(20)19-14(9-18)10-4-2-1-3-5-10/h1-8,14H,9H2,(H,19,20). The summed E-state index contributed by atoms with van der Waals surface area (Å²) in [4.78, 5) is 12.3. The molecule has 0 saturated carbocycles. The first kappa shape index (κ1) is 15.5. The van der Waals surface area contributed by atoms with E-state index in [1.54, 1.807) is 6.07 Å². The third-order valence-electron chi connectivity index (χ3n) is 2.84. The van der Waals surface area contributed by atoms with Crippen LogP contribution in [0.1, 0.15) is 22.0 Å². The summed E-state index contributed by atoms with van der Waals surface area (Å²) in [5.41, 5.74) is 1.57. The lowest BCUT2D eigenvalue weighted by Crippen LogP contribution is -2.29. The highest BCUT2D eigenvalue weighted by Crippen LogP contribution is 2.23. The van der Waals surface area contributed by atoms with Gasteiger partial charge in [0.25, 0.3) is 5.91 Å². The molecule has 104 valence electrons. The van der Waals surface area contributed by atoms with Crippen molar-refractivity contribution in [1.29, 1.82) is 0 Å². The number of carbonyl (C=O) groups excluding carboxylic acids is 1. The van der Waals surface area contributed by atoms with Gasteiger partial charge in [0.15, 0.2) is 0 Å². The van der Waals surface area contributed by atoms with Gasteiger partial charge in [-0.1, -0.05) is 46.3 Å². The third-order valence-corrected chi connectivity index (χ3v) is 4.30. The Bertz CT molecular complexity index is 604. The summed E-state index contributed by atoms with van der Waals surface area (Å²) < 4.78 is 1.66. The first-order valence-electron chi connectivity index (χ1n) is 5.98. The van der Waals surface area contributed by atoms with Crippen LogP contribution in [0.15, 0.2) is 57.5 Å². The molecule has 0 aliphatic carbocycles. The average molecular weight is 418 g/mol. The highest BCUT2D eigenvalue weighted by atomic mass is 79.9. The summed E-state index contributed by atoms with van der Waals surface area (Å²) in [5, 5.41) is 2.94. The Morgan fingerprint density at radius 3 is 2.45 bits per heavy atom. The summed E-state index contributed by atoms with van der Waals surface area (Å²) in [6, 6.07) is 14.9. The van der Waals surface area contributed by atoms with E-state index < -0.39 is 0 Å². The molecule has 1 unspecified atom stereocenters. The molecule has 0 aliphatic heterocycles. The van der Waals surface area contributed by atoms with Crippen molar-refractivity contribution < 1.29 is 4.79 Å². The predicted octanol–water partition coefficient (Wildman–Crippen LogP) is 4.92. The van der Waals surface area contributed by atoms with E-state index in [2.05, 4.69) is 37.2 Å². The average Bonchev–Trinajstić information content (AvgIpc) is 2.45. The highest BCUT2D eigenvalue weighted by molar-refractivity contribution is 9.11. The van der Waals surface area contributed by atoms with E-state index >= 15 is 0 Å². The molecule has 0 spiro atoms. The molecule has 1 N–H and O–H groups in total. The molecule has 2 nitrogen and oxygen atoms in total. The molecule has 0 aromatic heterocycles. The van der Waals surface area contributed by atoms with E-state index in [0.29, 0.717) is 11.4 Å². The van der Waals surface area contributed by atoms with Gasteiger partial charge in [0.05, 0.1) is 11.6 Å². The second-order valence-corrected chi connectivity index (χ2v) is 6.29. The Balaban J connectivity index is 2.17. The van der Waals surface area contributed by atoms with Crippen molar-refractivity contribution in [1.82, 2.24) is 5.32 Å². The molecule has 0 saturated heterocycles. The van der Waals surface area contributed by atoms with Crippen LogP contribution >= 0.6 is 43.5 Å². The maximum Gasteiger partial charge on any atom is 0.252 e. The molecule has 2 rings (SSSR count). The predicted molar refractivity (Wildman–Crippen MR) is 89.2 cm³/mol. The molecule has 1 atom stereocenters. The van der Waals surface area contributed by atoms with Crippen LogP contribution in [-0.2, 0) is 0 Å². The molecule has 2 aromatic carbocycles. The monoisotopic (exact) mass is 415 g/mol. The minimum atomic E-state index is -0.207. The van der Waals surface area contributed by atoms with Crippen LogP contribution in [0.3, 0.4) is 0 Å². The third kappa shape index (κ3) is 3.84. The molecule has 20 heavy (non-hydrogen) atoms. The number of rotatable bonds is 4. The van der Waals surface area contributed by atoms with Gasteiger partial charge in [-0.25, -0.2) is 0 Å². The van der Waals surface area contributed by atoms with Crippen molar-refractivity contribution in [2.45, 2.75) is 6.04 Å². The molecule has 0 aliphatic rings. The smallest absolute Gasteiger partial charge is 0.252 e. The van der Waals surface area contributed by atoms with E-state index in [-0.39, 0.29) is 11.9 Å². The van der Waals surface area contributed by atoms with Gasteiger partial charge in [-0.2, -0.15) is 0 Å². The normalized spacial score (nSPS) is 11.9. The van der Waals surface area contributed by atoms with Gasteiger partial charge in [0.2, 0.25) is 0 Å². The van der Waals surface area contributed by atoms with Crippen LogP contribution in [0.5, 0.6) is 0 Å². The molecule has 0 fully saturated rings. The second kappa shape index (κ2) is 7.25. The zero-order valence-electron chi connectivity index (χ0n) is 10.4. The Hall–Kier alpha value is -0.840. The quantitative estimate of drug-likeness (QED) is 0.703. The molecule has 5 heteroatoms. The zero-order chi connectivity index (χ0) is 14.5. The molecule has 1 amide bonds. The van der Waals surface area contributed by atoms with Crippen molar-refractivity contribution in [2.75, 3.05) is 5.88 Å². The first-order chi connectivity index (χ1) is 9.61. The van der Waals surface area contributed by atoms with Crippen LogP contribution in [0.25, 0.3) is 0 Å². The van der Waals surface area contributed by atoms with Gasteiger partial charge in [0.1, 0.15) is 0 Å². The van der Waals surface area contributed by atoms with Crippen LogP contribution in [0, 0.1) is 0 Å². The Kier molecular flexibility index (Phi) is 5.64. The number of hydrogen-bond acceptors (Lipinski definition) is 1. The lowest BCUT2D eigenvalue weighted by Gasteiger charge is -2.17. The summed E-state index contributed by atoms with van der Waals surface area (Å²) in [6.45, 7) is 0. The molecule has 0 heterocycles. The van der Waals surface area contributed by atoms with Gasteiger partial charge in [-0.3, -0.25) is 4.79 Å². The van der Waals surface area contributed by atoms with E-state index in [0.717, 1.165) is 14.5 Å². The lowest BCUT2D eigenvalue weighted by atomic mass is 10.1. The number of halogens is 3. The van der Waals surface area contributed by atoms with Crippen LogP contribution in [0.2, 0.25) is 0 Å². The molecular formula is C15H12Br2ClNO. The first-order valence-corrected chi connectivity index (χ1v) is 8.10. The minimum Gasteiger partial charge on any atom is -0.344 e. The van der Waals surface area contributed by atoms with Crippen LogP contribution < -0.4 is 5.32 Å². The molecule has 2 aromatic rings. The Labute approximate surface area is 139 Å². The van der Waals surface area contributed by atoms with E-state index in [1.165, 1.54) is 0 Å². The maximum absolute atomic E-state index is 12.3. The number of benzene rings is 2. The summed E-state index contributed by atoms with van der Waals surface area (Å²) >= 11 is 12.7. The SMILES string of the molecule is O=C(NC(CCl)c1ccccc1)c1ccc(Br)cc1Br. The Morgan fingerprint density at radius 1 is 1.15 bits per heavy atom. The van der Waals surface area contributed by atoms with Crippen LogP contribution in [-0.4, -0.2) is 11.8 Å². The minimum absolute atomic E-state index is 0.154. The van der Waals surface area contributed by atoms with Crippen LogP contribution in [0.4, 0.5) is 0 Å². The van der Waals surface area contributed by atoms with Crippen molar-refractivity contribution >= 4 is 49.4 Å². The van der Waals surface area contributed by atoms with Crippen molar-refractivity contribution in [3.05, 3.63) is 68.6 Å². The van der Waals surface area contributed by atoms with Crippen molar-refractivity contribution in [3.63, 3.8) is 0 Å². The largest absolute Gasteiger partial charge is 0.344 e. The lowest BCUT2D eigenvalue weighted by molar-refractivity contribution is 0.0939. The second-order valence-electron chi connectivity index (χ2n) is 4.22. The number of hydrogen-bond donors (Lipinski definition) is 1. The number of amides is 1. The fourth-order valence-corrected chi connectivity index (χ4v) is 3.29. The maximum atomic E-state index is 12.3. The Morgan fingerprint density at radius 2 is 1.85 bits per heavy atom. The number of carbonyl (C=O) groups is 1. The van der Waals surface area contributed by atoms with Crippen molar-refractivity contribution in [2.24, 2.45) is 0 Å². The summed E-state index contributed by atoms with van der Waals surface area (Å²) in [6.07, 6.45) is 0. The van der Waals surface area contributed by atoms with Crippen molar-refractivity contribution in [3.8, 4) is 0 Å². The molecular weight excluding hydrogens is 405 g/mol. The van der Waals surface area contributed by atoms with Gasteiger partial charge >= 0.3 is 0 Å². The van der Waals surface area contributed by atoms with Gasteiger partial charge in [-0.05, 0) is 39.7 Å². The summed E-state index contributed by atoms with van der Waals surface area (Å²) in [5.74, 6) is 0.169. The molecule has 0 bridgehead atoms. The highest BCUT2D eigenvalue weighted by Gasteiger charge is 2.16. The van der Waals surface area contributed by atoms with E-state index in [9.17, 15) is 4.79 Å². The van der Waals surface area contributed by atoms with E-state index in [4.69, 9.17) is 11.6 Å². The topological polar surface area (TPSA) is 29.1 Å². The number of alkyl halides is 1. The molecule has 0 radical (unpaired) electrons. The summed E-state index contributed by atoms with van der Waals surface area (Å²) in [7, 11) is 0. The van der Waals surface area contributed by atoms with E-state index in [1.807, 2.05) is 42.5 Å². The fraction of sp³-hybridized carbons (Fsp3) is 0.133. The zero-order valence-corrected chi connectivity index (χ0v) is 14.4. The van der Waals surface area contributed by atoms with Gasteiger partial charge in [0, 0.05) is 14.8 Å². The number of nitrogens with one attached hydrogen (secondary N) is 1. The fourth-order valence-electron chi connectivity index (χ4n) is 1.81. The van der Waals surface area contributed by atoms with Gasteiger partial charge in [-0.15, -0.1) is 11.6 Å². The van der Waals surface area contributed by atoms with Gasteiger partial charge < -0.3 is 5.32 Å².